The Bertz CT molecular complexity index is 1070. The summed E-state index contributed by atoms with van der Waals surface area (Å²) in [5, 5.41) is 4.84. The average Bonchev–Trinajstić information content (AvgIpc) is 3.37. The minimum atomic E-state index is -0.337. The maximum absolute atomic E-state index is 12.0. The Balaban J connectivity index is 1.32. The third-order valence-electron chi connectivity index (χ3n) is 4.05. The van der Waals surface area contributed by atoms with Gasteiger partial charge in [-0.15, -0.1) is 11.3 Å². The van der Waals surface area contributed by atoms with Crippen molar-refractivity contribution in [2.45, 2.75) is 19.4 Å². The number of carbonyl (C=O) groups excluding carboxylic acids is 1. The van der Waals surface area contributed by atoms with E-state index in [0.29, 0.717) is 23.6 Å². The zero-order valence-electron chi connectivity index (χ0n) is 15.1. The van der Waals surface area contributed by atoms with Gasteiger partial charge in [0.2, 0.25) is 5.82 Å². The minimum Gasteiger partial charge on any atom is -0.496 e. The summed E-state index contributed by atoms with van der Waals surface area (Å²) in [7, 11) is 1.58. The monoisotopic (exact) mass is 395 g/mol. The molecule has 0 spiro atoms. The number of fused-ring (bicyclic) bond motifs is 1. The van der Waals surface area contributed by atoms with Crippen LogP contribution in [0.4, 0.5) is 0 Å². The number of rotatable bonds is 7. The zero-order chi connectivity index (χ0) is 19.3. The molecule has 2 heterocycles. The van der Waals surface area contributed by atoms with Crippen LogP contribution in [0.1, 0.15) is 17.3 Å². The van der Waals surface area contributed by atoms with Gasteiger partial charge in [-0.3, -0.25) is 4.79 Å². The molecule has 0 aliphatic heterocycles. The number of aromatic nitrogens is 3. The molecule has 4 aromatic rings. The van der Waals surface area contributed by atoms with E-state index in [1.807, 2.05) is 48.5 Å². The number of esters is 1. The summed E-state index contributed by atoms with van der Waals surface area (Å²) in [5.74, 6) is 0.922. The normalized spacial score (nSPS) is 10.9. The van der Waals surface area contributed by atoms with Gasteiger partial charge < -0.3 is 14.0 Å². The number of aryl methyl sites for hydroxylation is 1. The van der Waals surface area contributed by atoms with Gasteiger partial charge in [0.15, 0.2) is 6.61 Å². The molecule has 0 fully saturated rings. The molecule has 0 aliphatic rings. The van der Waals surface area contributed by atoms with Crippen molar-refractivity contribution in [2.75, 3.05) is 7.11 Å². The summed E-state index contributed by atoms with van der Waals surface area (Å²) >= 11 is 1.59. The minimum absolute atomic E-state index is 0.0686. The topological polar surface area (TPSA) is 87.3 Å². The molecule has 0 radical (unpaired) electrons. The van der Waals surface area contributed by atoms with E-state index in [9.17, 15) is 4.79 Å². The molecule has 0 atom stereocenters. The van der Waals surface area contributed by atoms with Gasteiger partial charge >= 0.3 is 5.97 Å². The van der Waals surface area contributed by atoms with Crippen LogP contribution in [0.25, 0.3) is 21.6 Å². The Morgan fingerprint density at radius 1 is 1.11 bits per heavy atom. The highest BCUT2D eigenvalue weighted by molar-refractivity contribution is 7.18. The predicted molar refractivity (Wildman–Crippen MR) is 104 cm³/mol. The van der Waals surface area contributed by atoms with Crippen LogP contribution in [0.2, 0.25) is 0 Å². The number of ether oxygens (including phenoxy) is 2. The van der Waals surface area contributed by atoms with E-state index in [4.69, 9.17) is 14.0 Å². The van der Waals surface area contributed by atoms with E-state index in [-0.39, 0.29) is 24.9 Å². The lowest BCUT2D eigenvalue weighted by molar-refractivity contribution is -0.145. The van der Waals surface area contributed by atoms with Crippen molar-refractivity contribution < 1.29 is 18.8 Å². The number of para-hydroxylation sites is 2. The average molecular weight is 395 g/mol. The van der Waals surface area contributed by atoms with Crippen molar-refractivity contribution in [3.05, 3.63) is 59.4 Å². The molecular formula is C20H17N3O4S. The quantitative estimate of drug-likeness (QED) is 0.437. The molecule has 2 aromatic heterocycles. The lowest BCUT2D eigenvalue weighted by atomic mass is 10.2. The molecule has 0 aliphatic carbocycles. The molecule has 0 saturated carbocycles. The molecule has 7 nitrogen and oxygen atoms in total. The van der Waals surface area contributed by atoms with Gasteiger partial charge in [-0.1, -0.05) is 29.4 Å². The highest BCUT2D eigenvalue weighted by Crippen LogP contribution is 2.27. The molecule has 8 heteroatoms. The first-order valence-electron chi connectivity index (χ1n) is 8.69. The fourth-order valence-corrected chi connectivity index (χ4v) is 3.67. The third kappa shape index (κ3) is 4.01. The number of nitrogens with zero attached hydrogens (tertiary/aromatic N) is 3. The molecule has 142 valence electrons. The first kappa shape index (κ1) is 18.1. The van der Waals surface area contributed by atoms with Crippen LogP contribution in [-0.2, 0) is 22.6 Å². The lowest BCUT2D eigenvalue weighted by Gasteiger charge is -2.03. The molecule has 0 N–H and O–H groups in total. The third-order valence-corrected chi connectivity index (χ3v) is 5.15. The molecule has 28 heavy (non-hydrogen) atoms. The van der Waals surface area contributed by atoms with Crippen molar-refractivity contribution in [1.29, 1.82) is 0 Å². The van der Waals surface area contributed by atoms with Gasteiger partial charge in [-0.05, 0) is 24.3 Å². The van der Waals surface area contributed by atoms with Crippen LogP contribution in [0.5, 0.6) is 5.75 Å². The second-order valence-corrected chi connectivity index (χ2v) is 7.06. The summed E-state index contributed by atoms with van der Waals surface area (Å²) < 4.78 is 16.8. The molecule has 4 rings (SSSR count). The molecule has 0 bridgehead atoms. The number of benzene rings is 2. The fourth-order valence-electron chi connectivity index (χ4n) is 2.70. The van der Waals surface area contributed by atoms with Gasteiger partial charge in [0, 0.05) is 6.42 Å². The van der Waals surface area contributed by atoms with Crippen LogP contribution in [-0.4, -0.2) is 28.2 Å². The van der Waals surface area contributed by atoms with Crippen molar-refractivity contribution in [3.8, 4) is 17.1 Å². The first-order chi connectivity index (χ1) is 13.7. The summed E-state index contributed by atoms with van der Waals surface area (Å²) in [6.45, 7) is -0.0686. The smallest absolute Gasteiger partial charge is 0.306 e. The van der Waals surface area contributed by atoms with E-state index >= 15 is 0 Å². The number of thiazole rings is 1. The molecular weight excluding hydrogens is 378 g/mol. The Morgan fingerprint density at radius 2 is 1.93 bits per heavy atom. The maximum atomic E-state index is 12.0. The Morgan fingerprint density at radius 3 is 2.79 bits per heavy atom. The van der Waals surface area contributed by atoms with Crippen LogP contribution < -0.4 is 4.74 Å². The maximum Gasteiger partial charge on any atom is 0.306 e. The van der Waals surface area contributed by atoms with Crippen molar-refractivity contribution >= 4 is 27.5 Å². The standard InChI is InChI=1S/C20H17N3O4S/c1-25-15-8-4-2-6-13(15)20-22-17(27-23-20)12-26-19(24)11-10-18-21-14-7-3-5-9-16(14)28-18/h2-9H,10-12H2,1H3. The fraction of sp³-hybridized carbons (Fsp3) is 0.200. The van der Waals surface area contributed by atoms with Crippen LogP contribution >= 0.6 is 11.3 Å². The van der Waals surface area contributed by atoms with E-state index < -0.39 is 0 Å². The summed E-state index contributed by atoms with van der Waals surface area (Å²) in [6, 6.07) is 15.3. The van der Waals surface area contributed by atoms with Crippen LogP contribution in [0.15, 0.2) is 53.1 Å². The highest BCUT2D eigenvalue weighted by Gasteiger charge is 2.14. The largest absolute Gasteiger partial charge is 0.496 e. The SMILES string of the molecule is COc1ccccc1-c1noc(COC(=O)CCc2nc3ccccc3s2)n1. The van der Waals surface area contributed by atoms with Gasteiger partial charge in [0.05, 0.1) is 34.3 Å². The van der Waals surface area contributed by atoms with Gasteiger partial charge in [0.1, 0.15) is 5.75 Å². The van der Waals surface area contributed by atoms with Crippen molar-refractivity contribution in [1.82, 2.24) is 15.1 Å². The number of methoxy groups -OCH3 is 1. The van der Waals surface area contributed by atoms with Gasteiger partial charge in [0.25, 0.3) is 5.89 Å². The van der Waals surface area contributed by atoms with Gasteiger partial charge in [-0.2, -0.15) is 4.98 Å². The first-order valence-corrected chi connectivity index (χ1v) is 9.50. The molecule has 2 aromatic carbocycles. The van der Waals surface area contributed by atoms with E-state index in [1.165, 1.54) is 0 Å². The second kappa shape index (κ2) is 8.18. The van der Waals surface area contributed by atoms with E-state index in [0.717, 1.165) is 15.2 Å². The lowest BCUT2D eigenvalue weighted by Crippen LogP contribution is -2.06. The second-order valence-electron chi connectivity index (χ2n) is 5.95. The number of hydrogen-bond donors (Lipinski definition) is 0. The molecule has 0 unspecified atom stereocenters. The Kier molecular flexibility index (Phi) is 5.29. The van der Waals surface area contributed by atoms with E-state index in [1.54, 1.807) is 18.4 Å². The van der Waals surface area contributed by atoms with Crippen molar-refractivity contribution in [2.24, 2.45) is 0 Å². The molecule has 0 saturated heterocycles. The summed E-state index contributed by atoms with van der Waals surface area (Å²) in [4.78, 5) is 20.8. The highest BCUT2D eigenvalue weighted by atomic mass is 32.1. The number of carbonyl (C=O) groups is 1. The Labute approximate surface area is 164 Å². The van der Waals surface area contributed by atoms with Crippen LogP contribution in [0.3, 0.4) is 0 Å². The predicted octanol–water partition coefficient (Wildman–Crippen LogP) is 4.03. The number of hydrogen-bond acceptors (Lipinski definition) is 8. The van der Waals surface area contributed by atoms with Gasteiger partial charge in [-0.25, -0.2) is 4.98 Å². The van der Waals surface area contributed by atoms with E-state index in [2.05, 4.69) is 15.1 Å². The van der Waals surface area contributed by atoms with Crippen molar-refractivity contribution in [3.63, 3.8) is 0 Å². The summed E-state index contributed by atoms with van der Waals surface area (Å²) in [6.07, 6.45) is 0.780. The molecule has 0 amide bonds. The van der Waals surface area contributed by atoms with Crippen LogP contribution in [0, 0.1) is 0 Å². The zero-order valence-corrected chi connectivity index (χ0v) is 15.9. The summed E-state index contributed by atoms with van der Waals surface area (Å²) in [5.41, 5.74) is 1.66. The Hall–Kier alpha value is -3.26.